The maximum Gasteiger partial charge on any atom is 0.249 e. The van der Waals surface area contributed by atoms with E-state index in [1.54, 1.807) is 4.90 Å². The Bertz CT molecular complexity index is 584. The molecule has 0 bridgehead atoms. The minimum absolute atomic E-state index is 0.0200. The van der Waals surface area contributed by atoms with E-state index in [1.165, 1.54) is 12.8 Å². The highest BCUT2D eigenvalue weighted by Gasteiger charge is 2.29. The van der Waals surface area contributed by atoms with Gasteiger partial charge in [0.2, 0.25) is 11.8 Å². The molecule has 5 nitrogen and oxygen atoms in total. The van der Waals surface area contributed by atoms with Crippen molar-refractivity contribution in [2.24, 2.45) is 5.92 Å². The van der Waals surface area contributed by atoms with E-state index in [2.05, 4.69) is 5.32 Å². The molecule has 3 rings (SSSR count). The van der Waals surface area contributed by atoms with Crippen molar-refractivity contribution in [2.45, 2.75) is 31.7 Å². The summed E-state index contributed by atoms with van der Waals surface area (Å²) >= 11 is 5.98. The molecule has 1 aliphatic heterocycles. The predicted octanol–water partition coefficient (Wildman–Crippen LogP) is 2.55. The van der Waals surface area contributed by atoms with E-state index in [0.29, 0.717) is 24.1 Å². The largest absolute Gasteiger partial charge is 0.370 e. The number of benzene rings is 1. The number of carbonyl (C=O) groups excluding carboxylic acids is 2. The Morgan fingerprint density at radius 1 is 1.29 bits per heavy atom. The van der Waals surface area contributed by atoms with Crippen LogP contribution in [0.5, 0.6) is 0 Å². The average Bonchev–Trinajstić information content (AvgIpc) is 3.10. The van der Waals surface area contributed by atoms with Crippen LogP contribution in [-0.2, 0) is 14.3 Å². The van der Waals surface area contributed by atoms with Gasteiger partial charge in [-0.1, -0.05) is 36.6 Å². The normalized spacial score (nSPS) is 20.2. The molecule has 1 aliphatic carbocycles. The van der Waals surface area contributed by atoms with Gasteiger partial charge in [-0.25, -0.2) is 0 Å². The van der Waals surface area contributed by atoms with E-state index >= 15 is 0 Å². The first kappa shape index (κ1) is 17.2. The molecule has 1 aromatic carbocycles. The number of hydrogen-bond acceptors (Lipinski definition) is 3. The van der Waals surface area contributed by atoms with Crippen LogP contribution in [0.15, 0.2) is 24.3 Å². The minimum atomic E-state index is -0.125. The van der Waals surface area contributed by atoms with Gasteiger partial charge in [0.25, 0.3) is 0 Å². The molecule has 1 heterocycles. The highest BCUT2D eigenvalue weighted by Crippen LogP contribution is 2.36. The summed E-state index contributed by atoms with van der Waals surface area (Å²) in [6.07, 6.45) is 4.63. The fourth-order valence-corrected chi connectivity index (χ4v) is 3.67. The van der Waals surface area contributed by atoms with Crippen LogP contribution in [-0.4, -0.2) is 43.0 Å². The quantitative estimate of drug-likeness (QED) is 0.887. The molecule has 6 heteroatoms. The van der Waals surface area contributed by atoms with E-state index in [1.807, 2.05) is 24.3 Å². The second-order valence-corrected chi connectivity index (χ2v) is 6.95. The topological polar surface area (TPSA) is 58.6 Å². The zero-order valence-electron chi connectivity index (χ0n) is 13.7. The summed E-state index contributed by atoms with van der Waals surface area (Å²) in [6.45, 7) is 1.12. The molecule has 2 fully saturated rings. The van der Waals surface area contributed by atoms with Gasteiger partial charge in [0, 0.05) is 11.6 Å². The van der Waals surface area contributed by atoms with Gasteiger partial charge < -0.3 is 15.0 Å². The summed E-state index contributed by atoms with van der Waals surface area (Å²) < 4.78 is 5.10. The third-order valence-electron chi connectivity index (χ3n) is 4.84. The number of morpholine rings is 1. The standard InChI is InChI=1S/C18H23ClN2O3/c19-15-7-5-14(6-8-15)18(13-3-1-2-4-13)20-16(22)11-21-9-10-24-12-17(21)23/h5-8,13,18H,1-4,9-12H2,(H,20,22). The molecule has 0 spiro atoms. The van der Waals surface area contributed by atoms with Crippen molar-refractivity contribution in [3.05, 3.63) is 34.9 Å². The summed E-state index contributed by atoms with van der Waals surface area (Å²) in [5.74, 6) is 0.202. The summed E-state index contributed by atoms with van der Waals surface area (Å²) in [4.78, 5) is 25.8. The zero-order valence-corrected chi connectivity index (χ0v) is 14.4. The SMILES string of the molecule is O=C(CN1CCOCC1=O)NC(c1ccc(Cl)cc1)C1CCCC1. The number of hydrogen-bond donors (Lipinski definition) is 1. The monoisotopic (exact) mass is 350 g/mol. The van der Waals surface area contributed by atoms with Crippen molar-refractivity contribution in [1.82, 2.24) is 10.2 Å². The third-order valence-corrected chi connectivity index (χ3v) is 5.09. The Morgan fingerprint density at radius 2 is 2.00 bits per heavy atom. The van der Waals surface area contributed by atoms with E-state index in [4.69, 9.17) is 16.3 Å². The lowest BCUT2D eigenvalue weighted by atomic mass is 9.91. The molecular weight excluding hydrogens is 328 g/mol. The van der Waals surface area contributed by atoms with Crippen molar-refractivity contribution >= 4 is 23.4 Å². The lowest BCUT2D eigenvalue weighted by Crippen LogP contribution is -2.47. The number of amides is 2. The first-order valence-corrected chi connectivity index (χ1v) is 8.91. The van der Waals surface area contributed by atoms with Crippen LogP contribution >= 0.6 is 11.6 Å². The highest BCUT2D eigenvalue weighted by atomic mass is 35.5. The van der Waals surface area contributed by atoms with Gasteiger partial charge in [-0.3, -0.25) is 9.59 Å². The summed E-state index contributed by atoms with van der Waals surface area (Å²) in [6, 6.07) is 7.65. The van der Waals surface area contributed by atoms with Crippen LogP contribution in [0.2, 0.25) is 5.02 Å². The van der Waals surface area contributed by atoms with Crippen LogP contribution in [0.1, 0.15) is 37.3 Å². The smallest absolute Gasteiger partial charge is 0.249 e. The summed E-state index contributed by atoms with van der Waals surface area (Å²) in [5.41, 5.74) is 1.08. The Morgan fingerprint density at radius 3 is 2.67 bits per heavy atom. The molecule has 1 unspecified atom stereocenters. The molecule has 130 valence electrons. The number of halogens is 1. The van der Waals surface area contributed by atoms with Gasteiger partial charge >= 0.3 is 0 Å². The van der Waals surface area contributed by atoms with Crippen LogP contribution in [0.3, 0.4) is 0 Å². The second-order valence-electron chi connectivity index (χ2n) is 6.51. The summed E-state index contributed by atoms with van der Waals surface area (Å²) in [5, 5.41) is 3.83. The van der Waals surface area contributed by atoms with Gasteiger partial charge in [0.05, 0.1) is 19.2 Å². The molecule has 1 saturated carbocycles. The van der Waals surface area contributed by atoms with Crippen LogP contribution in [0.25, 0.3) is 0 Å². The van der Waals surface area contributed by atoms with Gasteiger partial charge in [-0.05, 0) is 36.5 Å². The van der Waals surface area contributed by atoms with E-state index < -0.39 is 0 Å². The van der Waals surface area contributed by atoms with Crippen molar-refractivity contribution in [2.75, 3.05) is 26.3 Å². The number of ether oxygens (including phenoxy) is 1. The number of nitrogens with zero attached hydrogens (tertiary/aromatic N) is 1. The van der Waals surface area contributed by atoms with Crippen molar-refractivity contribution < 1.29 is 14.3 Å². The zero-order chi connectivity index (χ0) is 16.9. The Balaban J connectivity index is 1.67. The van der Waals surface area contributed by atoms with Crippen molar-refractivity contribution in [1.29, 1.82) is 0 Å². The third kappa shape index (κ3) is 4.28. The maximum atomic E-state index is 12.5. The lowest BCUT2D eigenvalue weighted by molar-refractivity contribution is -0.146. The Labute approximate surface area is 147 Å². The van der Waals surface area contributed by atoms with Gasteiger partial charge in [-0.15, -0.1) is 0 Å². The molecule has 2 amide bonds. The molecule has 1 aromatic rings. The minimum Gasteiger partial charge on any atom is -0.370 e. The number of rotatable bonds is 5. The second kappa shape index (κ2) is 7.99. The molecule has 0 aromatic heterocycles. The molecule has 0 radical (unpaired) electrons. The van der Waals surface area contributed by atoms with Crippen molar-refractivity contribution in [3.63, 3.8) is 0 Å². The van der Waals surface area contributed by atoms with E-state index in [0.717, 1.165) is 18.4 Å². The first-order valence-electron chi connectivity index (χ1n) is 8.54. The molecule has 1 atom stereocenters. The van der Waals surface area contributed by atoms with Gasteiger partial charge in [0.15, 0.2) is 0 Å². The number of nitrogens with one attached hydrogen (secondary N) is 1. The van der Waals surface area contributed by atoms with Crippen LogP contribution in [0.4, 0.5) is 0 Å². The van der Waals surface area contributed by atoms with Gasteiger partial charge in [-0.2, -0.15) is 0 Å². The molecule has 2 aliphatic rings. The summed E-state index contributed by atoms with van der Waals surface area (Å²) in [7, 11) is 0. The maximum absolute atomic E-state index is 12.5. The Hall–Kier alpha value is -1.59. The van der Waals surface area contributed by atoms with Gasteiger partial charge in [0.1, 0.15) is 6.61 Å². The molecule has 1 saturated heterocycles. The van der Waals surface area contributed by atoms with Crippen LogP contribution in [0, 0.1) is 5.92 Å². The molecular formula is C18H23ClN2O3. The highest BCUT2D eigenvalue weighted by molar-refractivity contribution is 6.30. The molecule has 24 heavy (non-hydrogen) atoms. The van der Waals surface area contributed by atoms with Crippen LogP contribution < -0.4 is 5.32 Å². The fourth-order valence-electron chi connectivity index (χ4n) is 3.54. The predicted molar refractivity (Wildman–Crippen MR) is 91.7 cm³/mol. The van der Waals surface area contributed by atoms with E-state index in [-0.39, 0.29) is 31.0 Å². The fraction of sp³-hybridized carbons (Fsp3) is 0.556. The number of carbonyl (C=O) groups is 2. The van der Waals surface area contributed by atoms with E-state index in [9.17, 15) is 9.59 Å². The Kier molecular flexibility index (Phi) is 5.74. The first-order chi connectivity index (χ1) is 11.6. The average molecular weight is 351 g/mol. The molecule has 1 N–H and O–H groups in total. The lowest BCUT2D eigenvalue weighted by Gasteiger charge is -2.29. The van der Waals surface area contributed by atoms with Crippen molar-refractivity contribution in [3.8, 4) is 0 Å².